The smallest absolute Gasteiger partial charge is 0.223 e. The molecule has 2 aliphatic heterocycles. The molecular formula is C13H24N2O2. The summed E-state index contributed by atoms with van der Waals surface area (Å²) in [6, 6.07) is 0. The van der Waals surface area contributed by atoms with Gasteiger partial charge in [-0.2, -0.15) is 0 Å². The Labute approximate surface area is 104 Å². The normalized spacial score (nSPS) is 27.8. The van der Waals surface area contributed by atoms with E-state index in [1.54, 1.807) is 0 Å². The number of amides is 1. The second-order valence-electron chi connectivity index (χ2n) is 5.28. The zero-order valence-electron chi connectivity index (χ0n) is 10.8. The van der Waals surface area contributed by atoms with E-state index in [9.17, 15) is 4.79 Å². The lowest BCUT2D eigenvalue weighted by atomic mass is 9.85. The molecule has 2 fully saturated rings. The van der Waals surface area contributed by atoms with E-state index in [-0.39, 0.29) is 0 Å². The van der Waals surface area contributed by atoms with Crippen LogP contribution in [0.2, 0.25) is 0 Å². The van der Waals surface area contributed by atoms with Crippen molar-refractivity contribution >= 4 is 5.91 Å². The molecule has 1 N–H and O–H groups in total. The third-order valence-corrected chi connectivity index (χ3v) is 4.00. The number of carbonyl (C=O) groups excluding carboxylic acids is 1. The van der Waals surface area contributed by atoms with Gasteiger partial charge in [-0.05, 0) is 37.8 Å². The first-order valence-electron chi connectivity index (χ1n) is 6.83. The van der Waals surface area contributed by atoms with Crippen molar-refractivity contribution in [1.29, 1.82) is 0 Å². The first kappa shape index (κ1) is 12.8. The number of carbonyl (C=O) groups is 1. The van der Waals surface area contributed by atoms with Crippen molar-refractivity contribution in [3.63, 3.8) is 0 Å². The maximum Gasteiger partial charge on any atom is 0.223 e. The van der Waals surface area contributed by atoms with Gasteiger partial charge in [0, 0.05) is 19.5 Å². The zero-order chi connectivity index (χ0) is 12.1. The molecule has 0 radical (unpaired) electrons. The Bertz CT molecular complexity index is 246. The SMILES string of the molecule is C[C@@H](CC(=O)N1CCOCC1)[C@H]1CCCNC1. The van der Waals surface area contributed by atoms with Gasteiger partial charge in [0.25, 0.3) is 0 Å². The maximum atomic E-state index is 12.1. The third kappa shape index (κ3) is 3.68. The lowest BCUT2D eigenvalue weighted by Crippen LogP contribution is -2.42. The molecule has 0 saturated carbocycles. The van der Waals surface area contributed by atoms with E-state index in [4.69, 9.17) is 4.74 Å². The summed E-state index contributed by atoms with van der Waals surface area (Å²) in [6.07, 6.45) is 3.22. The highest BCUT2D eigenvalue weighted by Crippen LogP contribution is 2.23. The van der Waals surface area contributed by atoms with Crippen molar-refractivity contribution in [3.8, 4) is 0 Å². The van der Waals surface area contributed by atoms with E-state index >= 15 is 0 Å². The van der Waals surface area contributed by atoms with Gasteiger partial charge in [0.05, 0.1) is 13.2 Å². The lowest BCUT2D eigenvalue weighted by molar-refractivity contribution is -0.136. The van der Waals surface area contributed by atoms with Crippen molar-refractivity contribution < 1.29 is 9.53 Å². The van der Waals surface area contributed by atoms with Crippen LogP contribution in [0.3, 0.4) is 0 Å². The van der Waals surface area contributed by atoms with Crippen molar-refractivity contribution in [3.05, 3.63) is 0 Å². The minimum Gasteiger partial charge on any atom is -0.378 e. The highest BCUT2D eigenvalue weighted by Gasteiger charge is 2.24. The van der Waals surface area contributed by atoms with Crippen molar-refractivity contribution in [2.24, 2.45) is 11.8 Å². The van der Waals surface area contributed by atoms with Crippen LogP contribution in [-0.2, 0) is 9.53 Å². The van der Waals surface area contributed by atoms with E-state index in [0.29, 0.717) is 37.4 Å². The molecular weight excluding hydrogens is 216 g/mol. The van der Waals surface area contributed by atoms with Crippen LogP contribution in [-0.4, -0.2) is 50.2 Å². The van der Waals surface area contributed by atoms with Crippen molar-refractivity contribution in [2.45, 2.75) is 26.2 Å². The molecule has 98 valence electrons. The van der Waals surface area contributed by atoms with Crippen LogP contribution in [0.5, 0.6) is 0 Å². The first-order valence-corrected chi connectivity index (χ1v) is 6.83. The fraction of sp³-hybridized carbons (Fsp3) is 0.923. The molecule has 4 heteroatoms. The minimum absolute atomic E-state index is 0.311. The minimum atomic E-state index is 0.311. The molecule has 2 heterocycles. The van der Waals surface area contributed by atoms with Crippen LogP contribution >= 0.6 is 0 Å². The molecule has 0 unspecified atom stereocenters. The van der Waals surface area contributed by atoms with Crippen molar-refractivity contribution in [1.82, 2.24) is 10.2 Å². The maximum absolute atomic E-state index is 12.1. The van der Waals surface area contributed by atoms with Gasteiger partial charge in [-0.1, -0.05) is 6.92 Å². The molecule has 1 amide bonds. The molecule has 2 atom stereocenters. The van der Waals surface area contributed by atoms with Gasteiger partial charge in [-0.15, -0.1) is 0 Å². The number of nitrogens with zero attached hydrogens (tertiary/aromatic N) is 1. The fourth-order valence-corrected chi connectivity index (χ4v) is 2.75. The number of rotatable bonds is 3. The summed E-state index contributed by atoms with van der Waals surface area (Å²) in [5, 5.41) is 3.42. The van der Waals surface area contributed by atoms with Crippen LogP contribution in [0.25, 0.3) is 0 Å². The van der Waals surface area contributed by atoms with Gasteiger partial charge in [0.2, 0.25) is 5.91 Å². The Morgan fingerprint density at radius 3 is 2.88 bits per heavy atom. The highest BCUT2D eigenvalue weighted by molar-refractivity contribution is 5.76. The number of hydrogen-bond donors (Lipinski definition) is 1. The molecule has 4 nitrogen and oxygen atoms in total. The number of piperidine rings is 1. The Kier molecular flexibility index (Phi) is 4.80. The van der Waals surface area contributed by atoms with Gasteiger partial charge in [-0.25, -0.2) is 0 Å². The molecule has 0 aromatic rings. The predicted octanol–water partition coefficient (Wildman–Crippen LogP) is 0.871. The monoisotopic (exact) mass is 240 g/mol. The highest BCUT2D eigenvalue weighted by atomic mass is 16.5. The summed E-state index contributed by atoms with van der Waals surface area (Å²) < 4.78 is 5.27. The summed E-state index contributed by atoms with van der Waals surface area (Å²) in [7, 11) is 0. The Hall–Kier alpha value is -0.610. The standard InChI is InChI=1S/C13H24N2O2/c1-11(12-3-2-4-14-10-12)9-13(16)15-5-7-17-8-6-15/h11-12,14H,2-10H2,1H3/t11-,12-/m0/s1. The number of ether oxygens (including phenoxy) is 1. The Morgan fingerprint density at radius 1 is 1.47 bits per heavy atom. The van der Waals surface area contributed by atoms with Crippen LogP contribution in [0, 0.1) is 11.8 Å². The molecule has 0 aliphatic carbocycles. The average Bonchev–Trinajstić information content (AvgIpc) is 2.40. The summed E-state index contributed by atoms with van der Waals surface area (Å²) in [5.74, 6) is 1.48. The molecule has 0 spiro atoms. The van der Waals surface area contributed by atoms with Gasteiger partial charge in [-0.3, -0.25) is 4.79 Å². The fourth-order valence-electron chi connectivity index (χ4n) is 2.75. The molecule has 0 bridgehead atoms. The lowest BCUT2D eigenvalue weighted by Gasteiger charge is -2.31. The zero-order valence-corrected chi connectivity index (χ0v) is 10.8. The van der Waals surface area contributed by atoms with Crippen LogP contribution in [0.15, 0.2) is 0 Å². The molecule has 0 aromatic carbocycles. The number of morpholine rings is 1. The Balaban J connectivity index is 1.76. The van der Waals surface area contributed by atoms with Gasteiger partial charge in [0.15, 0.2) is 0 Å². The van der Waals surface area contributed by atoms with Gasteiger partial charge in [0.1, 0.15) is 0 Å². The van der Waals surface area contributed by atoms with Gasteiger partial charge < -0.3 is 15.0 Å². The predicted molar refractivity (Wildman–Crippen MR) is 66.8 cm³/mol. The van der Waals surface area contributed by atoms with Crippen LogP contribution in [0.1, 0.15) is 26.2 Å². The van der Waals surface area contributed by atoms with Gasteiger partial charge >= 0.3 is 0 Å². The van der Waals surface area contributed by atoms with Crippen molar-refractivity contribution in [2.75, 3.05) is 39.4 Å². The number of nitrogens with one attached hydrogen (secondary N) is 1. The molecule has 2 saturated heterocycles. The topological polar surface area (TPSA) is 41.6 Å². The Morgan fingerprint density at radius 2 is 2.24 bits per heavy atom. The summed E-state index contributed by atoms with van der Waals surface area (Å²) in [4.78, 5) is 14.1. The quantitative estimate of drug-likeness (QED) is 0.796. The van der Waals surface area contributed by atoms with E-state index in [1.807, 2.05) is 4.90 Å². The molecule has 2 aliphatic rings. The average molecular weight is 240 g/mol. The summed E-state index contributed by atoms with van der Waals surface area (Å²) in [5.41, 5.74) is 0. The van der Waals surface area contributed by atoms with Crippen LogP contribution in [0.4, 0.5) is 0 Å². The molecule has 17 heavy (non-hydrogen) atoms. The van der Waals surface area contributed by atoms with E-state index in [0.717, 1.165) is 26.2 Å². The second-order valence-corrected chi connectivity index (χ2v) is 5.28. The molecule has 0 aromatic heterocycles. The van der Waals surface area contributed by atoms with Crippen LogP contribution < -0.4 is 5.32 Å². The third-order valence-electron chi connectivity index (χ3n) is 4.00. The van der Waals surface area contributed by atoms with E-state index in [2.05, 4.69) is 12.2 Å². The second kappa shape index (κ2) is 6.36. The summed E-state index contributed by atoms with van der Waals surface area (Å²) >= 11 is 0. The van der Waals surface area contributed by atoms with E-state index in [1.165, 1.54) is 12.8 Å². The summed E-state index contributed by atoms with van der Waals surface area (Å²) in [6.45, 7) is 7.38. The van der Waals surface area contributed by atoms with E-state index < -0.39 is 0 Å². The largest absolute Gasteiger partial charge is 0.378 e. The number of hydrogen-bond acceptors (Lipinski definition) is 3. The molecule has 2 rings (SSSR count). The first-order chi connectivity index (χ1) is 8.27.